The van der Waals surface area contributed by atoms with Crippen LogP contribution >= 0.6 is 0 Å². The van der Waals surface area contributed by atoms with Gasteiger partial charge in [0, 0.05) is 39.3 Å². The maximum Gasteiger partial charge on any atom is 0.228 e. The van der Waals surface area contributed by atoms with Crippen LogP contribution < -0.4 is 20.4 Å². The number of hydrogen-bond acceptors (Lipinski definition) is 11. The average molecular weight is 402 g/mol. The van der Waals surface area contributed by atoms with E-state index in [0.717, 1.165) is 45.1 Å². The van der Waals surface area contributed by atoms with Crippen LogP contribution in [0.3, 0.4) is 0 Å². The molecule has 0 aromatic carbocycles. The maximum atomic E-state index is 6.37. The topological polar surface area (TPSA) is 115 Å². The zero-order valence-corrected chi connectivity index (χ0v) is 16.4. The highest BCUT2D eigenvalue weighted by Gasteiger charge is 2.25. The van der Waals surface area contributed by atoms with Gasteiger partial charge in [0.15, 0.2) is 11.6 Å². The Kier molecular flexibility index (Phi) is 5.17. The molecule has 3 saturated heterocycles. The molecule has 0 spiro atoms. The number of aromatic nitrogens is 4. The SMILES string of the molecule is Nc1nc(N2CCOCC2)nc2c(N3CCOCC3)nc(N3CCOCC3)nc12. The Hall–Kier alpha value is -2.50. The Morgan fingerprint density at radius 2 is 1.00 bits per heavy atom. The quantitative estimate of drug-likeness (QED) is 0.717. The number of rotatable bonds is 3. The molecule has 2 aromatic heterocycles. The van der Waals surface area contributed by atoms with Crippen molar-refractivity contribution >= 4 is 34.6 Å². The number of ether oxygens (including phenoxy) is 3. The van der Waals surface area contributed by atoms with Crippen molar-refractivity contribution in [2.45, 2.75) is 0 Å². The summed E-state index contributed by atoms with van der Waals surface area (Å²) in [7, 11) is 0. The summed E-state index contributed by atoms with van der Waals surface area (Å²) >= 11 is 0. The minimum absolute atomic E-state index is 0.378. The molecule has 11 heteroatoms. The molecule has 5 rings (SSSR count). The molecular weight excluding hydrogens is 376 g/mol. The summed E-state index contributed by atoms with van der Waals surface area (Å²) in [4.78, 5) is 25.5. The van der Waals surface area contributed by atoms with Gasteiger partial charge >= 0.3 is 0 Å². The molecule has 3 aliphatic heterocycles. The molecule has 0 aliphatic carbocycles. The summed E-state index contributed by atoms with van der Waals surface area (Å²) in [6.45, 7) is 8.46. The Balaban J connectivity index is 1.61. The van der Waals surface area contributed by atoms with Gasteiger partial charge in [0.05, 0.1) is 39.6 Å². The van der Waals surface area contributed by atoms with Gasteiger partial charge in [0.25, 0.3) is 0 Å². The van der Waals surface area contributed by atoms with Gasteiger partial charge in [-0.3, -0.25) is 0 Å². The predicted molar refractivity (Wildman–Crippen MR) is 109 cm³/mol. The van der Waals surface area contributed by atoms with E-state index in [0.29, 0.717) is 68.4 Å². The number of nitrogens with two attached hydrogens (primary N) is 1. The zero-order valence-electron chi connectivity index (χ0n) is 16.4. The summed E-state index contributed by atoms with van der Waals surface area (Å²) in [5.41, 5.74) is 7.66. The van der Waals surface area contributed by atoms with Crippen molar-refractivity contribution in [2.24, 2.45) is 0 Å². The monoisotopic (exact) mass is 402 g/mol. The minimum atomic E-state index is 0.378. The number of morpholine rings is 3. The normalized spacial score (nSPS) is 21.0. The van der Waals surface area contributed by atoms with Gasteiger partial charge in [0.1, 0.15) is 11.0 Å². The largest absolute Gasteiger partial charge is 0.382 e. The fourth-order valence-electron chi connectivity index (χ4n) is 3.80. The predicted octanol–water partition coefficient (Wildman–Crippen LogP) is -0.488. The highest BCUT2D eigenvalue weighted by molar-refractivity contribution is 5.94. The summed E-state index contributed by atoms with van der Waals surface area (Å²) in [5.74, 6) is 2.43. The molecule has 0 bridgehead atoms. The van der Waals surface area contributed by atoms with E-state index in [1.165, 1.54) is 0 Å². The second-order valence-electron chi connectivity index (χ2n) is 7.25. The van der Waals surface area contributed by atoms with E-state index in [-0.39, 0.29) is 0 Å². The third kappa shape index (κ3) is 3.72. The summed E-state index contributed by atoms with van der Waals surface area (Å²) in [5, 5.41) is 0. The molecule has 2 N–H and O–H groups in total. The molecule has 156 valence electrons. The first-order chi connectivity index (χ1) is 14.3. The van der Waals surface area contributed by atoms with Crippen LogP contribution in [0.5, 0.6) is 0 Å². The van der Waals surface area contributed by atoms with Crippen LogP contribution in [0, 0.1) is 0 Å². The van der Waals surface area contributed by atoms with Crippen LogP contribution in [0.4, 0.5) is 23.5 Å². The van der Waals surface area contributed by atoms with Crippen LogP contribution in [0.15, 0.2) is 0 Å². The molecule has 0 amide bonds. The van der Waals surface area contributed by atoms with Gasteiger partial charge in [-0.05, 0) is 0 Å². The first-order valence-corrected chi connectivity index (χ1v) is 10.1. The van der Waals surface area contributed by atoms with E-state index in [1.54, 1.807) is 0 Å². The Morgan fingerprint density at radius 3 is 1.55 bits per heavy atom. The maximum absolute atomic E-state index is 6.37. The highest BCUT2D eigenvalue weighted by atomic mass is 16.5. The van der Waals surface area contributed by atoms with Crippen molar-refractivity contribution in [3.8, 4) is 0 Å². The van der Waals surface area contributed by atoms with Gasteiger partial charge < -0.3 is 34.6 Å². The first-order valence-electron chi connectivity index (χ1n) is 10.1. The summed E-state index contributed by atoms with van der Waals surface area (Å²) in [6, 6.07) is 0. The van der Waals surface area contributed by atoms with Gasteiger partial charge in [0.2, 0.25) is 11.9 Å². The first kappa shape index (κ1) is 18.5. The molecule has 11 nitrogen and oxygen atoms in total. The van der Waals surface area contributed by atoms with Gasteiger partial charge in [-0.2, -0.15) is 9.97 Å². The summed E-state index contributed by atoms with van der Waals surface area (Å²) < 4.78 is 16.5. The van der Waals surface area contributed by atoms with Crippen molar-refractivity contribution in [1.82, 2.24) is 19.9 Å². The van der Waals surface area contributed by atoms with E-state index < -0.39 is 0 Å². The lowest BCUT2D eigenvalue weighted by atomic mass is 10.3. The number of nitrogens with zero attached hydrogens (tertiary/aromatic N) is 7. The zero-order chi connectivity index (χ0) is 19.6. The number of hydrogen-bond donors (Lipinski definition) is 1. The average Bonchev–Trinajstić information content (AvgIpc) is 2.80. The molecule has 3 aliphatic rings. The van der Waals surface area contributed by atoms with Crippen LogP contribution in [-0.2, 0) is 14.2 Å². The molecule has 0 atom stereocenters. The Labute approximate surface area is 168 Å². The van der Waals surface area contributed by atoms with Gasteiger partial charge in [-0.15, -0.1) is 0 Å². The van der Waals surface area contributed by atoms with E-state index in [2.05, 4.69) is 19.7 Å². The number of anilines is 4. The van der Waals surface area contributed by atoms with Gasteiger partial charge in [-0.1, -0.05) is 0 Å². The second kappa shape index (κ2) is 8.09. The van der Waals surface area contributed by atoms with Crippen molar-refractivity contribution in [1.29, 1.82) is 0 Å². The molecule has 3 fully saturated rings. The van der Waals surface area contributed by atoms with Crippen molar-refractivity contribution in [3.63, 3.8) is 0 Å². The summed E-state index contributed by atoms with van der Waals surface area (Å²) in [6.07, 6.45) is 0. The number of nitrogen functional groups attached to an aromatic ring is 1. The molecular formula is C18H26N8O3. The third-order valence-corrected chi connectivity index (χ3v) is 5.43. The Bertz CT molecular complexity index is 864. The molecule has 29 heavy (non-hydrogen) atoms. The smallest absolute Gasteiger partial charge is 0.228 e. The molecule has 0 saturated carbocycles. The molecule has 2 aromatic rings. The highest BCUT2D eigenvalue weighted by Crippen LogP contribution is 2.30. The van der Waals surface area contributed by atoms with Crippen LogP contribution in [0.25, 0.3) is 11.0 Å². The van der Waals surface area contributed by atoms with Crippen LogP contribution in [-0.4, -0.2) is 98.8 Å². The van der Waals surface area contributed by atoms with Crippen molar-refractivity contribution in [3.05, 3.63) is 0 Å². The minimum Gasteiger partial charge on any atom is -0.382 e. The fraction of sp³-hybridized carbons (Fsp3) is 0.667. The lowest BCUT2D eigenvalue weighted by Gasteiger charge is -2.32. The van der Waals surface area contributed by atoms with Crippen molar-refractivity contribution in [2.75, 3.05) is 99.3 Å². The van der Waals surface area contributed by atoms with E-state index >= 15 is 0 Å². The fourth-order valence-corrected chi connectivity index (χ4v) is 3.80. The van der Waals surface area contributed by atoms with E-state index in [4.69, 9.17) is 34.9 Å². The standard InChI is InChI=1S/C18H26N8O3/c19-15-13-14(21-17(22-15)25-3-9-28-10-4-25)16(24-1-7-27-8-2-24)23-18(20-13)26-5-11-29-12-6-26/h1-12H2,(H2,19,21,22). The van der Waals surface area contributed by atoms with E-state index in [9.17, 15) is 0 Å². The molecule has 0 unspecified atom stereocenters. The lowest BCUT2D eigenvalue weighted by Crippen LogP contribution is -2.40. The Morgan fingerprint density at radius 1 is 0.552 bits per heavy atom. The third-order valence-electron chi connectivity index (χ3n) is 5.43. The van der Waals surface area contributed by atoms with E-state index in [1.807, 2.05) is 0 Å². The lowest BCUT2D eigenvalue weighted by molar-refractivity contribution is 0.121. The van der Waals surface area contributed by atoms with Gasteiger partial charge in [-0.25, -0.2) is 9.97 Å². The van der Waals surface area contributed by atoms with Crippen LogP contribution in [0.2, 0.25) is 0 Å². The second-order valence-corrected chi connectivity index (χ2v) is 7.25. The molecule has 0 radical (unpaired) electrons. The molecule has 5 heterocycles. The van der Waals surface area contributed by atoms with Crippen LogP contribution in [0.1, 0.15) is 0 Å². The number of fused-ring (bicyclic) bond motifs is 1. The van der Waals surface area contributed by atoms with Crippen molar-refractivity contribution < 1.29 is 14.2 Å².